The predicted octanol–water partition coefficient (Wildman–Crippen LogP) is 3.77. The van der Waals surface area contributed by atoms with Crippen LogP contribution in [0.1, 0.15) is 36.3 Å². The molecule has 2 atom stereocenters. The minimum absolute atomic E-state index is 0.0900. The maximum atomic E-state index is 6.07. The highest BCUT2D eigenvalue weighted by Gasteiger charge is 2.25. The second kappa shape index (κ2) is 6.75. The van der Waals surface area contributed by atoms with E-state index < -0.39 is 0 Å². The van der Waals surface area contributed by atoms with Gasteiger partial charge in [-0.2, -0.15) is 0 Å². The Morgan fingerprint density at radius 2 is 2.18 bits per heavy atom. The molecular weight excluding hydrogens is 272 g/mol. The molecule has 0 spiro atoms. The molecule has 22 heavy (non-hydrogen) atoms. The first-order chi connectivity index (χ1) is 10.8. The quantitative estimate of drug-likeness (QED) is 0.911. The van der Waals surface area contributed by atoms with E-state index in [1.54, 1.807) is 0 Å². The van der Waals surface area contributed by atoms with Crippen LogP contribution in [0, 0.1) is 0 Å². The number of rotatable bonds is 5. The lowest BCUT2D eigenvalue weighted by Crippen LogP contribution is -2.19. The molecule has 1 aromatic carbocycles. The summed E-state index contributed by atoms with van der Waals surface area (Å²) in [6.07, 6.45) is 8.15. The number of fused-ring (bicyclic) bond motifs is 1. The monoisotopic (exact) mass is 294 g/mol. The standard InChI is InChI=1S/C19H22N2O/c1-14(20-2)7-6-8-15-11-19-17(21-13-15)12-18(22-19)16-9-4-3-5-10-16/h3-6,8-11,13-14,18,20H,7,12H2,1-2H3/b8-6+. The van der Waals surface area contributed by atoms with Crippen molar-refractivity contribution in [2.75, 3.05) is 7.05 Å². The van der Waals surface area contributed by atoms with Gasteiger partial charge in [0.15, 0.2) is 0 Å². The molecule has 0 amide bonds. The smallest absolute Gasteiger partial charge is 0.142 e. The summed E-state index contributed by atoms with van der Waals surface area (Å²) in [4.78, 5) is 4.56. The highest BCUT2D eigenvalue weighted by atomic mass is 16.5. The average Bonchev–Trinajstić information content (AvgIpc) is 2.99. The van der Waals surface area contributed by atoms with Crippen molar-refractivity contribution < 1.29 is 4.74 Å². The van der Waals surface area contributed by atoms with Gasteiger partial charge in [-0.1, -0.05) is 42.5 Å². The molecule has 1 aliphatic heterocycles. The van der Waals surface area contributed by atoms with Crippen molar-refractivity contribution >= 4 is 6.08 Å². The van der Waals surface area contributed by atoms with Gasteiger partial charge in [0, 0.05) is 18.7 Å². The molecule has 0 aliphatic carbocycles. The van der Waals surface area contributed by atoms with Gasteiger partial charge in [-0.3, -0.25) is 4.98 Å². The second-order valence-electron chi connectivity index (χ2n) is 5.76. The van der Waals surface area contributed by atoms with Crippen molar-refractivity contribution in [2.45, 2.75) is 31.9 Å². The molecule has 0 radical (unpaired) electrons. The molecule has 114 valence electrons. The zero-order valence-corrected chi connectivity index (χ0v) is 13.1. The summed E-state index contributed by atoms with van der Waals surface area (Å²) in [7, 11) is 1.98. The van der Waals surface area contributed by atoms with E-state index in [1.165, 1.54) is 5.56 Å². The zero-order valence-electron chi connectivity index (χ0n) is 13.1. The Morgan fingerprint density at radius 3 is 2.95 bits per heavy atom. The van der Waals surface area contributed by atoms with Crippen LogP contribution in [-0.4, -0.2) is 18.1 Å². The summed E-state index contributed by atoms with van der Waals surface area (Å²) in [6.45, 7) is 2.17. The third kappa shape index (κ3) is 3.37. The van der Waals surface area contributed by atoms with Crippen LogP contribution in [0.5, 0.6) is 5.75 Å². The van der Waals surface area contributed by atoms with Crippen LogP contribution in [0.25, 0.3) is 6.08 Å². The van der Waals surface area contributed by atoms with Gasteiger partial charge in [0.2, 0.25) is 0 Å². The zero-order chi connectivity index (χ0) is 15.4. The fourth-order valence-corrected chi connectivity index (χ4v) is 2.58. The number of hydrogen-bond donors (Lipinski definition) is 1. The third-order valence-electron chi connectivity index (χ3n) is 4.06. The summed E-state index contributed by atoms with van der Waals surface area (Å²) in [5, 5.41) is 3.23. The topological polar surface area (TPSA) is 34.2 Å². The van der Waals surface area contributed by atoms with Gasteiger partial charge in [-0.05, 0) is 37.6 Å². The van der Waals surface area contributed by atoms with E-state index in [2.05, 4.69) is 47.6 Å². The maximum Gasteiger partial charge on any atom is 0.142 e. The highest BCUT2D eigenvalue weighted by Crippen LogP contribution is 2.35. The number of benzene rings is 1. The summed E-state index contributed by atoms with van der Waals surface area (Å²) >= 11 is 0. The molecule has 1 aliphatic rings. The molecule has 2 unspecified atom stereocenters. The largest absolute Gasteiger partial charge is 0.483 e. The average molecular weight is 294 g/mol. The molecule has 0 fully saturated rings. The molecular formula is C19H22N2O. The number of hydrogen-bond acceptors (Lipinski definition) is 3. The van der Waals surface area contributed by atoms with E-state index in [9.17, 15) is 0 Å². The Kier molecular flexibility index (Phi) is 4.54. The van der Waals surface area contributed by atoms with Crippen LogP contribution in [0.4, 0.5) is 0 Å². The first-order valence-corrected chi connectivity index (χ1v) is 7.80. The Bertz CT molecular complexity index is 652. The molecule has 3 heteroatoms. The van der Waals surface area contributed by atoms with Crippen LogP contribution in [0.15, 0.2) is 48.7 Å². The van der Waals surface area contributed by atoms with Gasteiger partial charge in [0.25, 0.3) is 0 Å². The third-order valence-corrected chi connectivity index (χ3v) is 4.06. The van der Waals surface area contributed by atoms with E-state index in [0.29, 0.717) is 6.04 Å². The molecule has 0 saturated carbocycles. The Morgan fingerprint density at radius 1 is 1.36 bits per heavy atom. The highest BCUT2D eigenvalue weighted by molar-refractivity contribution is 5.52. The predicted molar refractivity (Wildman–Crippen MR) is 89.9 cm³/mol. The molecule has 1 aromatic heterocycles. The van der Waals surface area contributed by atoms with E-state index in [0.717, 1.165) is 29.8 Å². The molecule has 0 saturated heterocycles. The van der Waals surface area contributed by atoms with E-state index in [1.807, 2.05) is 31.4 Å². The van der Waals surface area contributed by atoms with E-state index >= 15 is 0 Å². The number of nitrogens with one attached hydrogen (secondary N) is 1. The summed E-state index contributed by atoms with van der Waals surface area (Å²) in [5.74, 6) is 0.915. The Labute approximate surface area is 132 Å². The number of nitrogens with zero attached hydrogens (tertiary/aromatic N) is 1. The van der Waals surface area contributed by atoms with Crippen LogP contribution in [0.2, 0.25) is 0 Å². The SMILES string of the molecule is CNC(C)C/C=C/c1cnc2c(c1)OC(c1ccccc1)C2. The molecule has 1 N–H and O–H groups in total. The van der Waals surface area contributed by atoms with Crippen molar-refractivity contribution in [1.29, 1.82) is 0 Å². The fourth-order valence-electron chi connectivity index (χ4n) is 2.58. The van der Waals surface area contributed by atoms with Crippen molar-refractivity contribution in [3.63, 3.8) is 0 Å². The molecule has 2 heterocycles. The Balaban J connectivity index is 1.69. The van der Waals surface area contributed by atoms with Crippen LogP contribution in [-0.2, 0) is 6.42 Å². The molecule has 3 nitrogen and oxygen atoms in total. The number of aromatic nitrogens is 1. The van der Waals surface area contributed by atoms with Crippen molar-refractivity contribution in [3.05, 3.63) is 65.5 Å². The van der Waals surface area contributed by atoms with Gasteiger partial charge in [-0.15, -0.1) is 0 Å². The minimum atomic E-state index is 0.0900. The summed E-state index contributed by atoms with van der Waals surface area (Å²) in [5.41, 5.74) is 3.35. The Hall–Kier alpha value is -2.13. The van der Waals surface area contributed by atoms with Crippen LogP contribution >= 0.6 is 0 Å². The molecule has 0 bridgehead atoms. The van der Waals surface area contributed by atoms with Crippen LogP contribution < -0.4 is 10.1 Å². The molecule has 2 aromatic rings. The lowest BCUT2D eigenvalue weighted by molar-refractivity contribution is 0.238. The first kappa shape index (κ1) is 14.8. The van der Waals surface area contributed by atoms with Gasteiger partial charge < -0.3 is 10.1 Å². The lowest BCUT2D eigenvalue weighted by Gasteiger charge is -2.10. The van der Waals surface area contributed by atoms with Crippen molar-refractivity contribution in [1.82, 2.24) is 10.3 Å². The van der Waals surface area contributed by atoms with Crippen LogP contribution in [0.3, 0.4) is 0 Å². The second-order valence-corrected chi connectivity index (χ2v) is 5.76. The van der Waals surface area contributed by atoms with E-state index in [4.69, 9.17) is 4.74 Å². The lowest BCUT2D eigenvalue weighted by atomic mass is 10.1. The minimum Gasteiger partial charge on any atom is -0.483 e. The van der Waals surface area contributed by atoms with E-state index in [-0.39, 0.29) is 6.10 Å². The number of pyridine rings is 1. The molecule has 3 rings (SSSR count). The van der Waals surface area contributed by atoms with Crippen molar-refractivity contribution in [3.8, 4) is 5.75 Å². The normalized spacial score (nSPS) is 18.2. The van der Waals surface area contributed by atoms with Crippen molar-refractivity contribution in [2.24, 2.45) is 0 Å². The van der Waals surface area contributed by atoms with Gasteiger partial charge in [-0.25, -0.2) is 0 Å². The maximum absolute atomic E-state index is 6.07. The number of ether oxygens (including phenoxy) is 1. The summed E-state index contributed by atoms with van der Waals surface area (Å²) < 4.78 is 6.07. The van der Waals surface area contributed by atoms with Gasteiger partial charge >= 0.3 is 0 Å². The first-order valence-electron chi connectivity index (χ1n) is 7.80. The van der Waals surface area contributed by atoms with Gasteiger partial charge in [0.05, 0.1) is 5.69 Å². The fraction of sp³-hybridized carbons (Fsp3) is 0.316. The summed E-state index contributed by atoms with van der Waals surface area (Å²) in [6, 6.07) is 12.9. The van der Waals surface area contributed by atoms with Gasteiger partial charge in [0.1, 0.15) is 11.9 Å².